The highest BCUT2D eigenvalue weighted by molar-refractivity contribution is 5.13. The van der Waals surface area contributed by atoms with Gasteiger partial charge in [0.15, 0.2) is 0 Å². The van der Waals surface area contributed by atoms with Gasteiger partial charge in [-0.05, 0) is 33.3 Å². The summed E-state index contributed by atoms with van der Waals surface area (Å²) in [5.74, 6) is 0. The number of benzene rings is 1. The Morgan fingerprint density at radius 1 is 1.11 bits per heavy atom. The minimum atomic E-state index is -0.275. The summed E-state index contributed by atoms with van der Waals surface area (Å²) in [6.45, 7) is 8.78. The third-order valence-corrected chi connectivity index (χ3v) is 4.03. The smallest absolute Gasteiger partial charge is 0.0946 e. The fourth-order valence-corrected chi connectivity index (χ4v) is 3.22. The van der Waals surface area contributed by atoms with Gasteiger partial charge in [-0.25, -0.2) is 0 Å². The highest BCUT2D eigenvalue weighted by Gasteiger charge is 2.45. The van der Waals surface area contributed by atoms with Crippen LogP contribution in [0.3, 0.4) is 0 Å². The van der Waals surface area contributed by atoms with Gasteiger partial charge in [0.2, 0.25) is 0 Å². The molecule has 0 aromatic heterocycles. The largest absolute Gasteiger partial charge is 0.634 e. The van der Waals surface area contributed by atoms with Crippen LogP contribution in [0.5, 0.6) is 0 Å². The molecular formula is C16H25NO2. The Hall–Kier alpha value is -0.900. The average molecular weight is 263 g/mol. The highest BCUT2D eigenvalue weighted by Crippen LogP contribution is 2.26. The van der Waals surface area contributed by atoms with Gasteiger partial charge in [-0.3, -0.25) is 0 Å². The molecule has 19 heavy (non-hydrogen) atoms. The number of hydrogen-bond acceptors (Lipinski definition) is 2. The molecule has 0 saturated carbocycles. The van der Waals surface area contributed by atoms with E-state index in [0.717, 1.165) is 12.8 Å². The lowest BCUT2D eigenvalue weighted by molar-refractivity contribution is -0.956. The van der Waals surface area contributed by atoms with Crippen molar-refractivity contribution in [2.24, 2.45) is 0 Å². The van der Waals surface area contributed by atoms with Gasteiger partial charge in [0.05, 0.1) is 23.8 Å². The second kappa shape index (κ2) is 5.23. The van der Waals surface area contributed by atoms with Crippen molar-refractivity contribution in [1.82, 2.24) is 0 Å². The van der Waals surface area contributed by atoms with E-state index in [1.54, 1.807) is 0 Å². The zero-order valence-corrected chi connectivity index (χ0v) is 12.4. The Labute approximate surface area is 116 Å². The summed E-state index contributed by atoms with van der Waals surface area (Å²) in [5, 5.41) is 12.7. The van der Waals surface area contributed by atoms with Crippen LogP contribution in [0, 0.1) is 5.21 Å². The molecule has 1 aliphatic rings. The predicted octanol–water partition coefficient (Wildman–Crippen LogP) is 2.31. The summed E-state index contributed by atoms with van der Waals surface area (Å²) >= 11 is 0. The van der Waals surface area contributed by atoms with Crippen LogP contribution >= 0.6 is 0 Å². The molecule has 1 fully saturated rings. The third kappa shape index (κ3) is 3.35. The summed E-state index contributed by atoms with van der Waals surface area (Å²) < 4.78 is 6.04. The lowest BCUT2D eigenvalue weighted by Gasteiger charge is -2.54. The van der Waals surface area contributed by atoms with Crippen molar-refractivity contribution in [2.75, 3.05) is 0 Å². The predicted molar refractivity (Wildman–Crippen MR) is 76.7 cm³/mol. The van der Waals surface area contributed by atoms with E-state index in [9.17, 15) is 5.21 Å². The van der Waals surface area contributed by atoms with E-state index in [0.29, 0.717) is 11.7 Å². The van der Waals surface area contributed by atoms with Gasteiger partial charge in [-0.2, -0.15) is 0 Å². The van der Waals surface area contributed by atoms with Gasteiger partial charge in [0.1, 0.15) is 0 Å². The summed E-state index contributed by atoms with van der Waals surface area (Å²) in [6.07, 6.45) is 1.81. The van der Waals surface area contributed by atoms with Crippen molar-refractivity contribution in [1.29, 1.82) is 0 Å². The van der Waals surface area contributed by atoms with Crippen LogP contribution in [0.4, 0.5) is 0 Å². The molecule has 2 rings (SSSR count). The Morgan fingerprint density at radius 3 is 2.16 bits per heavy atom. The molecule has 106 valence electrons. The first-order chi connectivity index (χ1) is 8.81. The topological polar surface area (TPSA) is 36.7 Å². The SMILES string of the molecule is CC1(C)CC(OCc2ccccc2)CC(C)(C)[NH+]1[O-]. The number of hydroxylamine groups is 2. The van der Waals surface area contributed by atoms with Crippen LogP contribution < -0.4 is 5.06 Å². The van der Waals surface area contributed by atoms with Crippen molar-refractivity contribution in [3.05, 3.63) is 41.1 Å². The van der Waals surface area contributed by atoms with Crippen molar-refractivity contribution >= 4 is 0 Å². The lowest BCUT2D eigenvalue weighted by atomic mass is 9.80. The van der Waals surface area contributed by atoms with Crippen LogP contribution in [0.25, 0.3) is 0 Å². The molecule has 1 aromatic rings. The average Bonchev–Trinajstić information content (AvgIpc) is 2.34. The molecule has 1 aliphatic heterocycles. The Bertz CT molecular complexity index is 396. The second-order valence-electron chi connectivity index (χ2n) is 6.92. The molecule has 0 spiro atoms. The molecule has 0 unspecified atom stereocenters. The monoisotopic (exact) mass is 263 g/mol. The quantitative estimate of drug-likeness (QED) is 0.850. The van der Waals surface area contributed by atoms with Crippen LogP contribution in [0.1, 0.15) is 46.1 Å². The van der Waals surface area contributed by atoms with E-state index >= 15 is 0 Å². The molecule has 1 saturated heterocycles. The molecule has 0 aliphatic carbocycles. The molecule has 1 heterocycles. The van der Waals surface area contributed by atoms with Crippen molar-refractivity contribution in [3.8, 4) is 0 Å². The molecular weight excluding hydrogens is 238 g/mol. The van der Waals surface area contributed by atoms with Crippen LogP contribution in [0.15, 0.2) is 30.3 Å². The van der Waals surface area contributed by atoms with Gasteiger partial charge in [0, 0.05) is 12.8 Å². The Kier molecular flexibility index (Phi) is 4.00. The lowest BCUT2D eigenvalue weighted by Crippen LogP contribution is -3.23. The van der Waals surface area contributed by atoms with Gasteiger partial charge in [-0.15, -0.1) is 0 Å². The number of piperidine rings is 1. The molecule has 0 amide bonds. The summed E-state index contributed by atoms with van der Waals surface area (Å²) in [6, 6.07) is 10.2. The molecule has 1 N–H and O–H groups in total. The molecule has 0 bridgehead atoms. The van der Waals surface area contributed by atoms with Crippen LogP contribution in [-0.2, 0) is 11.3 Å². The molecule has 0 radical (unpaired) electrons. The van der Waals surface area contributed by atoms with Crippen molar-refractivity contribution in [2.45, 2.75) is 64.3 Å². The van der Waals surface area contributed by atoms with Gasteiger partial charge >= 0.3 is 0 Å². The van der Waals surface area contributed by atoms with Crippen LogP contribution in [0.2, 0.25) is 0 Å². The Morgan fingerprint density at radius 2 is 1.63 bits per heavy atom. The summed E-state index contributed by atoms with van der Waals surface area (Å²) in [4.78, 5) is 0. The van der Waals surface area contributed by atoms with E-state index in [1.807, 2.05) is 45.9 Å². The maximum atomic E-state index is 12.3. The first-order valence-corrected chi connectivity index (χ1v) is 7.02. The van der Waals surface area contributed by atoms with Gasteiger partial charge in [0.25, 0.3) is 0 Å². The molecule has 3 nitrogen and oxygen atoms in total. The van der Waals surface area contributed by atoms with E-state index < -0.39 is 0 Å². The van der Waals surface area contributed by atoms with Gasteiger partial charge in [-0.1, -0.05) is 30.3 Å². The first-order valence-electron chi connectivity index (χ1n) is 7.02. The van der Waals surface area contributed by atoms with E-state index in [4.69, 9.17) is 4.74 Å². The van der Waals surface area contributed by atoms with Crippen LogP contribution in [-0.4, -0.2) is 17.2 Å². The molecule has 3 heteroatoms. The molecule has 0 atom stereocenters. The minimum Gasteiger partial charge on any atom is -0.634 e. The second-order valence-corrected chi connectivity index (χ2v) is 6.92. The Balaban J connectivity index is 1.98. The van der Waals surface area contributed by atoms with Crippen molar-refractivity contribution < 1.29 is 9.80 Å². The first kappa shape index (κ1) is 14.5. The van der Waals surface area contributed by atoms with E-state index in [2.05, 4.69) is 12.1 Å². The standard InChI is InChI=1S/C16H25NO2/c1-15(2)10-14(11-16(3,4)17(15)18)19-12-13-8-6-5-7-9-13/h5-9,14,17H,10-12H2,1-4H3. The summed E-state index contributed by atoms with van der Waals surface area (Å²) in [7, 11) is 0. The normalized spacial score (nSPS) is 29.1. The minimum absolute atomic E-state index is 0.169. The number of quaternary nitrogens is 1. The fourth-order valence-electron chi connectivity index (χ4n) is 3.22. The van der Waals surface area contributed by atoms with Crippen molar-refractivity contribution in [3.63, 3.8) is 0 Å². The van der Waals surface area contributed by atoms with E-state index in [1.165, 1.54) is 5.56 Å². The van der Waals surface area contributed by atoms with E-state index in [-0.39, 0.29) is 17.2 Å². The highest BCUT2D eigenvalue weighted by atomic mass is 16.5. The number of hydrogen-bond donors (Lipinski definition) is 1. The van der Waals surface area contributed by atoms with Gasteiger partial charge < -0.3 is 15.0 Å². The zero-order valence-electron chi connectivity index (χ0n) is 12.4. The number of rotatable bonds is 3. The fraction of sp³-hybridized carbons (Fsp3) is 0.625. The maximum absolute atomic E-state index is 12.3. The summed E-state index contributed by atoms with van der Waals surface area (Å²) in [5.41, 5.74) is 0.640. The molecule has 1 aromatic carbocycles. The number of ether oxygens (including phenoxy) is 1. The zero-order chi connectivity index (χ0) is 14.1. The maximum Gasteiger partial charge on any atom is 0.0946 e. The number of nitrogens with one attached hydrogen (secondary N) is 1. The third-order valence-electron chi connectivity index (χ3n) is 4.03.